The van der Waals surface area contributed by atoms with Crippen molar-refractivity contribution in [3.8, 4) is 5.75 Å². The summed E-state index contributed by atoms with van der Waals surface area (Å²) in [5, 5.41) is 5.11. The van der Waals surface area contributed by atoms with Crippen molar-refractivity contribution in [3.63, 3.8) is 0 Å². The summed E-state index contributed by atoms with van der Waals surface area (Å²) in [6.45, 7) is 2.48. The summed E-state index contributed by atoms with van der Waals surface area (Å²) in [5.41, 5.74) is 2.71. The molecule has 0 unspecified atom stereocenters. The summed E-state index contributed by atoms with van der Waals surface area (Å²) in [6, 6.07) is 19.4. The lowest BCUT2D eigenvalue weighted by molar-refractivity contribution is -0.121. The van der Waals surface area contributed by atoms with E-state index in [0.717, 1.165) is 33.3 Å². The molecule has 1 aliphatic heterocycles. The lowest BCUT2D eigenvalue weighted by atomic mass is 10.1. The van der Waals surface area contributed by atoms with Crippen LogP contribution in [0, 0.1) is 0 Å². The number of nitrogens with zero attached hydrogens (tertiary/aromatic N) is 1. The van der Waals surface area contributed by atoms with Gasteiger partial charge < -0.3 is 15.0 Å². The molecule has 29 heavy (non-hydrogen) atoms. The minimum Gasteiger partial charge on any atom is -0.497 e. The molecule has 0 bridgehead atoms. The first kappa shape index (κ1) is 19.0. The van der Waals surface area contributed by atoms with Crippen LogP contribution in [0.3, 0.4) is 0 Å². The van der Waals surface area contributed by atoms with Crippen LogP contribution < -0.4 is 15.0 Å². The second kappa shape index (κ2) is 7.95. The summed E-state index contributed by atoms with van der Waals surface area (Å²) in [6.07, 6.45) is 0.980. The van der Waals surface area contributed by atoms with Crippen molar-refractivity contribution in [2.45, 2.75) is 25.8 Å². The molecule has 1 heterocycles. The maximum absolute atomic E-state index is 12.8. The highest BCUT2D eigenvalue weighted by Gasteiger charge is 2.29. The molecule has 0 saturated heterocycles. The zero-order valence-corrected chi connectivity index (χ0v) is 16.6. The van der Waals surface area contributed by atoms with Crippen molar-refractivity contribution in [1.82, 2.24) is 5.32 Å². The van der Waals surface area contributed by atoms with Gasteiger partial charge in [-0.25, -0.2) is 0 Å². The van der Waals surface area contributed by atoms with Gasteiger partial charge >= 0.3 is 0 Å². The van der Waals surface area contributed by atoms with E-state index in [9.17, 15) is 9.59 Å². The number of hydrogen-bond acceptors (Lipinski definition) is 3. The minimum absolute atomic E-state index is 0.0174. The van der Waals surface area contributed by atoms with Gasteiger partial charge in [-0.2, -0.15) is 0 Å². The van der Waals surface area contributed by atoms with E-state index in [1.807, 2.05) is 67.6 Å². The number of anilines is 1. The molecule has 0 aliphatic carbocycles. The molecule has 4 rings (SSSR count). The number of amides is 2. The Bertz CT molecular complexity index is 1050. The van der Waals surface area contributed by atoms with Gasteiger partial charge in [-0.3, -0.25) is 9.59 Å². The Labute approximate surface area is 170 Å². The van der Waals surface area contributed by atoms with Crippen LogP contribution in [0.4, 0.5) is 5.69 Å². The molecule has 1 aliphatic rings. The SMILES string of the molecule is COc1ccc([C@@H](C)NC(=O)CCCN2C(=O)c3cccc4cccc2c34)cc1. The van der Waals surface area contributed by atoms with Gasteiger partial charge in [0.25, 0.3) is 5.91 Å². The Morgan fingerprint density at radius 1 is 1.07 bits per heavy atom. The van der Waals surface area contributed by atoms with Gasteiger partial charge in [0.1, 0.15) is 5.75 Å². The molecule has 148 valence electrons. The van der Waals surface area contributed by atoms with Gasteiger partial charge in [-0.1, -0.05) is 36.4 Å². The number of carbonyl (C=O) groups excluding carboxylic acids is 2. The Hall–Kier alpha value is -3.34. The molecular formula is C24H24N2O3. The number of carbonyl (C=O) groups is 2. The van der Waals surface area contributed by atoms with Crippen LogP contribution in [0.5, 0.6) is 5.75 Å². The maximum atomic E-state index is 12.8. The maximum Gasteiger partial charge on any atom is 0.258 e. The van der Waals surface area contributed by atoms with E-state index in [1.54, 1.807) is 12.0 Å². The smallest absolute Gasteiger partial charge is 0.258 e. The monoisotopic (exact) mass is 388 g/mol. The molecule has 0 aromatic heterocycles. The molecule has 5 heteroatoms. The summed E-state index contributed by atoms with van der Waals surface area (Å²) < 4.78 is 5.17. The molecule has 0 radical (unpaired) electrons. The Morgan fingerprint density at radius 3 is 2.52 bits per heavy atom. The largest absolute Gasteiger partial charge is 0.497 e. The molecule has 0 spiro atoms. The van der Waals surface area contributed by atoms with Crippen molar-refractivity contribution < 1.29 is 14.3 Å². The Kier molecular flexibility index (Phi) is 5.21. The fourth-order valence-electron chi connectivity index (χ4n) is 3.89. The summed E-state index contributed by atoms with van der Waals surface area (Å²) in [5.74, 6) is 0.790. The molecular weight excluding hydrogens is 364 g/mol. The highest BCUT2D eigenvalue weighted by molar-refractivity contribution is 6.25. The third kappa shape index (κ3) is 3.68. The number of rotatable bonds is 7. The zero-order valence-electron chi connectivity index (χ0n) is 16.6. The van der Waals surface area contributed by atoms with Gasteiger partial charge in [0, 0.05) is 23.9 Å². The van der Waals surface area contributed by atoms with E-state index >= 15 is 0 Å². The minimum atomic E-state index is -0.0835. The summed E-state index contributed by atoms with van der Waals surface area (Å²) in [4.78, 5) is 26.9. The van der Waals surface area contributed by atoms with Crippen LogP contribution in [0.25, 0.3) is 10.8 Å². The number of methoxy groups -OCH3 is 1. The third-order valence-corrected chi connectivity index (χ3v) is 5.43. The van der Waals surface area contributed by atoms with E-state index < -0.39 is 0 Å². The molecule has 1 N–H and O–H groups in total. The van der Waals surface area contributed by atoms with E-state index in [0.29, 0.717) is 19.4 Å². The van der Waals surface area contributed by atoms with Gasteiger partial charge in [0.15, 0.2) is 0 Å². The van der Waals surface area contributed by atoms with E-state index in [4.69, 9.17) is 4.74 Å². The van der Waals surface area contributed by atoms with Crippen molar-refractivity contribution in [3.05, 3.63) is 71.8 Å². The van der Waals surface area contributed by atoms with Crippen molar-refractivity contribution in [2.75, 3.05) is 18.6 Å². The molecule has 1 atom stereocenters. The molecule has 0 fully saturated rings. The average molecular weight is 388 g/mol. The zero-order chi connectivity index (χ0) is 20.4. The molecule has 3 aromatic rings. The second-order valence-electron chi connectivity index (χ2n) is 7.30. The fraction of sp³-hybridized carbons (Fsp3) is 0.250. The third-order valence-electron chi connectivity index (χ3n) is 5.43. The predicted octanol–water partition coefficient (Wildman–Crippen LogP) is 4.47. The number of ether oxygens (including phenoxy) is 1. The topological polar surface area (TPSA) is 58.6 Å². The van der Waals surface area contributed by atoms with Gasteiger partial charge in [0.05, 0.1) is 18.8 Å². The molecule has 3 aromatic carbocycles. The predicted molar refractivity (Wildman–Crippen MR) is 114 cm³/mol. The number of nitrogens with one attached hydrogen (secondary N) is 1. The van der Waals surface area contributed by atoms with Crippen LogP contribution >= 0.6 is 0 Å². The highest BCUT2D eigenvalue weighted by atomic mass is 16.5. The second-order valence-corrected chi connectivity index (χ2v) is 7.30. The van der Waals surface area contributed by atoms with Crippen LogP contribution in [-0.4, -0.2) is 25.5 Å². The van der Waals surface area contributed by atoms with Crippen LogP contribution in [-0.2, 0) is 4.79 Å². The van der Waals surface area contributed by atoms with Crippen molar-refractivity contribution in [2.24, 2.45) is 0 Å². The first-order valence-electron chi connectivity index (χ1n) is 9.85. The van der Waals surface area contributed by atoms with E-state index in [-0.39, 0.29) is 17.9 Å². The average Bonchev–Trinajstić information content (AvgIpc) is 3.02. The first-order valence-corrected chi connectivity index (χ1v) is 9.85. The van der Waals surface area contributed by atoms with Crippen molar-refractivity contribution >= 4 is 28.3 Å². The molecule has 5 nitrogen and oxygen atoms in total. The summed E-state index contributed by atoms with van der Waals surface area (Å²) in [7, 11) is 1.63. The first-order chi connectivity index (χ1) is 14.1. The Morgan fingerprint density at radius 2 is 1.79 bits per heavy atom. The lowest BCUT2D eigenvalue weighted by Gasteiger charge is -2.18. The summed E-state index contributed by atoms with van der Waals surface area (Å²) >= 11 is 0. The normalized spacial score (nSPS) is 13.6. The fourth-order valence-corrected chi connectivity index (χ4v) is 3.89. The molecule has 0 saturated carbocycles. The van der Waals surface area contributed by atoms with Crippen LogP contribution in [0.2, 0.25) is 0 Å². The van der Waals surface area contributed by atoms with E-state index in [2.05, 4.69) is 5.32 Å². The van der Waals surface area contributed by atoms with Gasteiger partial charge in [-0.15, -0.1) is 0 Å². The van der Waals surface area contributed by atoms with Crippen LogP contribution in [0.1, 0.15) is 41.7 Å². The van der Waals surface area contributed by atoms with E-state index in [1.165, 1.54) is 0 Å². The van der Waals surface area contributed by atoms with Crippen LogP contribution in [0.15, 0.2) is 60.7 Å². The quantitative estimate of drug-likeness (QED) is 0.650. The van der Waals surface area contributed by atoms with Crippen molar-refractivity contribution in [1.29, 1.82) is 0 Å². The standard InChI is InChI=1S/C24H24N2O3/c1-16(17-11-13-19(29-2)14-12-17)25-22(27)10-5-15-26-21-9-4-7-18-6-3-8-20(23(18)21)24(26)28/h3-4,6-9,11-14,16H,5,10,15H2,1-2H3,(H,25,27)/t16-/m1/s1. The lowest BCUT2D eigenvalue weighted by Crippen LogP contribution is -2.30. The number of hydrogen-bond donors (Lipinski definition) is 1. The Balaban J connectivity index is 1.34. The number of benzene rings is 3. The van der Waals surface area contributed by atoms with Gasteiger partial charge in [0.2, 0.25) is 5.91 Å². The molecule has 2 amide bonds. The van der Waals surface area contributed by atoms with Gasteiger partial charge in [-0.05, 0) is 48.6 Å². The highest BCUT2D eigenvalue weighted by Crippen LogP contribution is 2.37.